The van der Waals surface area contributed by atoms with Crippen molar-refractivity contribution < 1.29 is 9.84 Å². The number of fused-ring (bicyclic) bond motifs is 7. The highest BCUT2D eigenvalue weighted by atomic mass is 16.5. The van der Waals surface area contributed by atoms with Crippen LogP contribution in [0.4, 0.5) is 0 Å². The topological polar surface area (TPSA) is 29.5 Å². The first-order valence-electron chi connectivity index (χ1n) is 14.2. The maximum absolute atomic E-state index is 10.9. The number of aliphatic hydroxyl groups excluding tert-OH is 1. The van der Waals surface area contributed by atoms with E-state index in [0.29, 0.717) is 33.5 Å². The second-order valence-electron chi connectivity index (χ2n) is 15.4. The summed E-state index contributed by atoms with van der Waals surface area (Å²) in [6, 6.07) is 0. The van der Waals surface area contributed by atoms with Gasteiger partial charge in [0.25, 0.3) is 0 Å². The minimum absolute atomic E-state index is 0.0638. The molecule has 10 atom stereocenters. The highest BCUT2D eigenvalue weighted by Gasteiger charge is 2.73. The van der Waals surface area contributed by atoms with Gasteiger partial charge >= 0.3 is 0 Å². The predicted molar refractivity (Wildman–Crippen MR) is 130 cm³/mol. The summed E-state index contributed by atoms with van der Waals surface area (Å²) in [6.45, 7) is 18.8. The molecule has 2 heteroatoms. The third-order valence-corrected chi connectivity index (χ3v) is 14.2. The second kappa shape index (κ2) is 6.37. The van der Waals surface area contributed by atoms with E-state index in [9.17, 15) is 5.11 Å². The molecular formula is C30H50O2. The molecule has 182 valence electrons. The third-order valence-electron chi connectivity index (χ3n) is 14.2. The number of hydrogen-bond donors (Lipinski definition) is 1. The van der Waals surface area contributed by atoms with E-state index in [2.05, 4.69) is 48.5 Å². The lowest BCUT2D eigenvalue weighted by Crippen LogP contribution is -2.66. The molecule has 0 aromatic heterocycles. The lowest BCUT2D eigenvalue weighted by molar-refractivity contribution is -0.251. The first-order chi connectivity index (χ1) is 14.8. The highest BCUT2D eigenvalue weighted by Crippen LogP contribution is 2.78. The lowest BCUT2D eigenvalue weighted by Gasteiger charge is -2.72. The van der Waals surface area contributed by atoms with Gasteiger partial charge in [-0.15, -0.1) is 0 Å². The van der Waals surface area contributed by atoms with Crippen LogP contribution in [-0.4, -0.2) is 23.4 Å². The van der Waals surface area contributed by atoms with E-state index in [1.807, 2.05) is 0 Å². The Kier molecular flexibility index (Phi) is 4.46. The normalized spacial score (nSPS) is 60.5. The Labute approximate surface area is 197 Å². The summed E-state index contributed by atoms with van der Waals surface area (Å²) in [4.78, 5) is 0. The van der Waals surface area contributed by atoms with E-state index in [-0.39, 0.29) is 17.1 Å². The fourth-order valence-corrected chi connectivity index (χ4v) is 12.1. The average Bonchev–Trinajstić information content (AvgIpc) is 3.27. The Hall–Kier alpha value is -0.0800. The minimum atomic E-state index is -0.118. The van der Waals surface area contributed by atoms with Crippen molar-refractivity contribution in [2.45, 2.75) is 124 Å². The second-order valence-corrected chi connectivity index (χ2v) is 15.4. The highest BCUT2D eigenvalue weighted by molar-refractivity contribution is 5.22. The Bertz CT molecular complexity index is 803. The van der Waals surface area contributed by atoms with Gasteiger partial charge in [-0.2, -0.15) is 0 Å². The van der Waals surface area contributed by atoms with Crippen LogP contribution in [0.3, 0.4) is 0 Å². The molecule has 0 radical (unpaired) electrons. The molecule has 1 N–H and O–H groups in total. The van der Waals surface area contributed by atoms with Crippen LogP contribution in [0.5, 0.6) is 0 Å². The number of aliphatic hydroxyl groups is 1. The SMILES string of the molecule is CC(C)C12CC3C4CCC5C6(C)CCC(O)C(C)(C)C6CCC5(C)C4(C)CCC3(CO1)C2. The molecule has 32 heavy (non-hydrogen) atoms. The summed E-state index contributed by atoms with van der Waals surface area (Å²) in [5.41, 5.74) is 2.07. The molecule has 0 amide bonds. The Morgan fingerprint density at radius 3 is 2.25 bits per heavy atom. The molecule has 6 fully saturated rings. The first-order valence-corrected chi connectivity index (χ1v) is 14.2. The van der Waals surface area contributed by atoms with E-state index in [1.165, 1.54) is 57.8 Å². The molecule has 6 rings (SSSR count). The first kappa shape index (κ1) is 22.4. The van der Waals surface area contributed by atoms with Crippen LogP contribution in [0.15, 0.2) is 0 Å². The number of rotatable bonds is 1. The summed E-state index contributed by atoms with van der Waals surface area (Å²) in [7, 11) is 0. The quantitative estimate of drug-likeness (QED) is 0.464. The van der Waals surface area contributed by atoms with Gasteiger partial charge in [-0.05, 0) is 121 Å². The number of ether oxygens (including phenoxy) is 1. The zero-order chi connectivity index (χ0) is 22.9. The molecule has 0 aromatic carbocycles. The van der Waals surface area contributed by atoms with Crippen LogP contribution in [0.2, 0.25) is 0 Å². The van der Waals surface area contributed by atoms with E-state index in [4.69, 9.17) is 4.74 Å². The molecule has 5 aliphatic carbocycles. The third kappa shape index (κ3) is 2.36. The molecule has 6 aliphatic rings. The standard InChI is InChI=1S/C30H50O2/c1-19(2)30-16-21-20-8-9-23-26(5)12-11-24(31)25(3,4)22(26)10-13-28(23,7)27(20,6)14-15-29(21,17-30)18-32-30/h19-24,31H,8-18H2,1-7H3. The lowest BCUT2D eigenvalue weighted by atomic mass is 9.32. The van der Waals surface area contributed by atoms with Crippen molar-refractivity contribution in [1.82, 2.24) is 0 Å². The summed E-state index contributed by atoms with van der Waals surface area (Å²) < 4.78 is 6.60. The van der Waals surface area contributed by atoms with Gasteiger partial charge in [0.2, 0.25) is 0 Å². The summed E-state index contributed by atoms with van der Waals surface area (Å²) in [5.74, 6) is 3.93. The molecule has 1 heterocycles. The van der Waals surface area contributed by atoms with Crippen molar-refractivity contribution in [3.63, 3.8) is 0 Å². The van der Waals surface area contributed by atoms with Crippen molar-refractivity contribution in [3.8, 4) is 0 Å². The predicted octanol–water partition coefficient (Wildman–Crippen LogP) is 7.24. The Morgan fingerprint density at radius 2 is 1.53 bits per heavy atom. The number of hydrogen-bond acceptors (Lipinski definition) is 2. The molecule has 10 unspecified atom stereocenters. The molecule has 5 saturated carbocycles. The molecule has 2 bridgehead atoms. The van der Waals surface area contributed by atoms with Crippen molar-refractivity contribution in [3.05, 3.63) is 0 Å². The molecule has 0 aromatic rings. The molecule has 1 aliphatic heterocycles. The van der Waals surface area contributed by atoms with Gasteiger partial charge in [0.1, 0.15) is 0 Å². The smallest absolute Gasteiger partial charge is 0.0714 e. The van der Waals surface area contributed by atoms with Crippen LogP contribution < -0.4 is 0 Å². The zero-order valence-corrected chi connectivity index (χ0v) is 22.1. The van der Waals surface area contributed by atoms with Crippen LogP contribution in [-0.2, 0) is 4.74 Å². The van der Waals surface area contributed by atoms with Gasteiger partial charge in [-0.3, -0.25) is 0 Å². The maximum atomic E-state index is 10.9. The van der Waals surface area contributed by atoms with E-state index in [1.54, 1.807) is 0 Å². The monoisotopic (exact) mass is 442 g/mol. The summed E-state index contributed by atoms with van der Waals surface area (Å²) in [6.07, 6.45) is 13.2. The van der Waals surface area contributed by atoms with Crippen LogP contribution in [0.25, 0.3) is 0 Å². The van der Waals surface area contributed by atoms with Gasteiger partial charge in [0.15, 0.2) is 0 Å². The van der Waals surface area contributed by atoms with Gasteiger partial charge < -0.3 is 9.84 Å². The van der Waals surface area contributed by atoms with Crippen molar-refractivity contribution >= 4 is 0 Å². The largest absolute Gasteiger partial charge is 0.393 e. The molecule has 1 spiro atoms. The van der Waals surface area contributed by atoms with Crippen LogP contribution in [0, 0.1) is 56.7 Å². The average molecular weight is 443 g/mol. The minimum Gasteiger partial charge on any atom is -0.393 e. The Morgan fingerprint density at radius 1 is 0.781 bits per heavy atom. The Balaban J connectivity index is 1.36. The fraction of sp³-hybridized carbons (Fsp3) is 1.00. The van der Waals surface area contributed by atoms with E-state index in [0.717, 1.165) is 30.8 Å². The van der Waals surface area contributed by atoms with Crippen molar-refractivity contribution in [2.75, 3.05) is 6.61 Å². The molecular weight excluding hydrogens is 392 g/mol. The van der Waals surface area contributed by atoms with Crippen molar-refractivity contribution in [1.29, 1.82) is 0 Å². The van der Waals surface area contributed by atoms with Gasteiger partial charge in [-0.1, -0.05) is 48.5 Å². The maximum Gasteiger partial charge on any atom is 0.0714 e. The van der Waals surface area contributed by atoms with Gasteiger partial charge in [0, 0.05) is 0 Å². The van der Waals surface area contributed by atoms with Gasteiger partial charge in [0.05, 0.1) is 18.3 Å². The van der Waals surface area contributed by atoms with Crippen LogP contribution in [0.1, 0.15) is 113 Å². The van der Waals surface area contributed by atoms with Gasteiger partial charge in [-0.25, -0.2) is 0 Å². The fourth-order valence-electron chi connectivity index (χ4n) is 12.1. The van der Waals surface area contributed by atoms with Crippen LogP contribution >= 0.6 is 0 Å². The summed E-state index contributed by atoms with van der Waals surface area (Å²) >= 11 is 0. The molecule has 1 saturated heterocycles. The summed E-state index contributed by atoms with van der Waals surface area (Å²) in [5, 5.41) is 10.9. The van der Waals surface area contributed by atoms with Crippen molar-refractivity contribution in [2.24, 2.45) is 56.7 Å². The van der Waals surface area contributed by atoms with E-state index < -0.39 is 0 Å². The van der Waals surface area contributed by atoms with E-state index >= 15 is 0 Å². The molecule has 2 nitrogen and oxygen atoms in total. The zero-order valence-electron chi connectivity index (χ0n) is 22.1.